The third-order valence-electron chi connectivity index (χ3n) is 2.80. The van der Waals surface area contributed by atoms with E-state index in [0.717, 1.165) is 6.07 Å². The third-order valence-corrected chi connectivity index (χ3v) is 2.80. The van der Waals surface area contributed by atoms with Crippen molar-refractivity contribution < 1.29 is 18.0 Å². The van der Waals surface area contributed by atoms with Crippen LogP contribution in [0.15, 0.2) is 18.2 Å². The lowest BCUT2D eigenvalue weighted by Crippen LogP contribution is -2.26. The van der Waals surface area contributed by atoms with Crippen LogP contribution in [0.2, 0.25) is 0 Å². The van der Waals surface area contributed by atoms with Gasteiger partial charge >= 0.3 is 6.18 Å². The number of nitrogens with one attached hydrogen (secondary N) is 2. The van der Waals surface area contributed by atoms with Crippen molar-refractivity contribution in [1.82, 2.24) is 0 Å². The molecule has 1 aromatic rings. The maximum absolute atomic E-state index is 12.7. The number of rotatable bonds is 5. The number of anilines is 1. The van der Waals surface area contributed by atoms with E-state index in [9.17, 15) is 18.0 Å². The van der Waals surface area contributed by atoms with Crippen molar-refractivity contribution in [2.75, 3.05) is 11.9 Å². The van der Waals surface area contributed by atoms with Crippen molar-refractivity contribution in [1.29, 1.82) is 5.41 Å². The predicted molar refractivity (Wildman–Crippen MR) is 82.3 cm³/mol. The fourth-order valence-electron chi connectivity index (χ4n) is 1.93. The molecule has 0 aromatic heterocycles. The molecule has 0 amide bonds. The predicted octanol–water partition coefficient (Wildman–Crippen LogP) is 2.83. The van der Waals surface area contributed by atoms with Gasteiger partial charge in [0.2, 0.25) is 0 Å². The van der Waals surface area contributed by atoms with Gasteiger partial charge in [-0.25, -0.2) is 0 Å². The molecule has 2 N–H and O–H groups in total. The molecule has 118 valence electrons. The number of halogens is 3. The molecule has 0 heterocycles. The first-order valence-electron chi connectivity index (χ1n) is 6.71. The molecule has 7 heteroatoms. The highest BCUT2D eigenvalue weighted by molar-refractivity contribution is 6.33. The molecular weight excluding hydrogens is 292 g/mol. The molecule has 0 aliphatic heterocycles. The molecule has 1 aromatic carbocycles. The average Bonchev–Trinajstić information content (AvgIpc) is 2.32. The molecule has 2 radical (unpaired) electrons. The molecule has 0 saturated carbocycles. The van der Waals surface area contributed by atoms with E-state index in [0.29, 0.717) is 6.42 Å². The Labute approximate surface area is 129 Å². The van der Waals surface area contributed by atoms with Crippen molar-refractivity contribution in [3.05, 3.63) is 23.8 Å². The van der Waals surface area contributed by atoms with Gasteiger partial charge in [-0.2, -0.15) is 13.2 Å². The van der Waals surface area contributed by atoms with Crippen LogP contribution in [0.25, 0.3) is 0 Å². The first kappa shape index (κ1) is 18.3. The summed E-state index contributed by atoms with van der Waals surface area (Å²) in [4.78, 5) is 11.8. The number of benzene rings is 1. The van der Waals surface area contributed by atoms with Gasteiger partial charge in [-0.3, -0.25) is 10.2 Å². The van der Waals surface area contributed by atoms with E-state index in [-0.39, 0.29) is 34.5 Å². The number of carbonyl (C=O) groups excluding carboxylic acids is 1. The van der Waals surface area contributed by atoms with Crippen molar-refractivity contribution >= 4 is 30.5 Å². The summed E-state index contributed by atoms with van der Waals surface area (Å²) in [5, 5.41) is 9.89. The number of carbonyl (C=O) groups is 1. The van der Waals surface area contributed by atoms with Crippen LogP contribution in [0.5, 0.6) is 0 Å². The van der Waals surface area contributed by atoms with Gasteiger partial charge in [-0.15, -0.1) is 0 Å². The van der Waals surface area contributed by atoms with Gasteiger partial charge in [-0.1, -0.05) is 38.4 Å². The van der Waals surface area contributed by atoms with Crippen LogP contribution in [0, 0.1) is 10.8 Å². The molecule has 22 heavy (non-hydrogen) atoms. The second-order valence-electron chi connectivity index (χ2n) is 6.31. The summed E-state index contributed by atoms with van der Waals surface area (Å²) in [7, 11) is 5.57. The molecule has 0 aliphatic rings. The zero-order chi connectivity index (χ0) is 17.1. The van der Waals surface area contributed by atoms with Crippen LogP contribution < -0.4 is 10.8 Å². The van der Waals surface area contributed by atoms with Gasteiger partial charge in [0, 0.05) is 17.7 Å². The highest BCUT2D eigenvalue weighted by Gasteiger charge is 2.36. The summed E-state index contributed by atoms with van der Waals surface area (Å²) in [6, 6.07) is 3.71. The summed E-state index contributed by atoms with van der Waals surface area (Å²) in [5.41, 5.74) is -1.71. The van der Waals surface area contributed by atoms with E-state index in [1.807, 2.05) is 20.8 Å². The quantitative estimate of drug-likeness (QED) is 0.649. The molecule has 0 saturated heterocycles. The smallest absolute Gasteiger partial charge is 0.377 e. The van der Waals surface area contributed by atoms with Gasteiger partial charge in [0.05, 0.1) is 6.54 Å². The molecule has 0 bridgehead atoms. The molecule has 0 aliphatic carbocycles. The number of alkyl halides is 3. The molecule has 0 unspecified atom stereocenters. The Bertz CT molecular complexity index is 577. The lowest BCUT2D eigenvalue weighted by molar-refractivity contribution is -0.119. The maximum Gasteiger partial charge on any atom is 0.433 e. The average molecular weight is 310 g/mol. The Balaban J connectivity index is 2.93. The van der Waals surface area contributed by atoms with Crippen molar-refractivity contribution in [2.24, 2.45) is 5.41 Å². The van der Waals surface area contributed by atoms with E-state index >= 15 is 0 Å². The lowest BCUT2D eigenvalue weighted by atomic mass is 9.90. The first-order valence-corrected chi connectivity index (χ1v) is 6.71. The van der Waals surface area contributed by atoms with Crippen molar-refractivity contribution in [3.8, 4) is 0 Å². The minimum absolute atomic E-state index is 0.0320. The molecular formula is C15H18BF3N2O. The Hall–Kier alpha value is -1.79. The summed E-state index contributed by atoms with van der Waals surface area (Å²) in [6.45, 7) is 5.58. The largest absolute Gasteiger partial charge is 0.433 e. The maximum atomic E-state index is 12.7. The van der Waals surface area contributed by atoms with Gasteiger partial charge in [0.15, 0.2) is 5.78 Å². The first-order chi connectivity index (χ1) is 9.90. The highest BCUT2D eigenvalue weighted by Crippen LogP contribution is 2.26. The van der Waals surface area contributed by atoms with Gasteiger partial charge < -0.3 is 5.32 Å². The Kier molecular flexibility index (Phi) is 5.43. The van der Waals surface area contributed by atoms with Crippen LogP contribution in [0.1, 0.15) is 32.8 Å². The molecule has 3 nitrogen and oxygen atoms in total. The van der Waals surface area contributed by atoms with E-state index in [4.69, 9.17) is 13.3 Å². The molecule has 0 spiro atoms. The third kappa shape index (κ3) is 5.54. The van der Waals surface area contributed by atoms with Gasteiger partial charge in [0.25, 0.3) is 0 Å². The van der Waals surface area contributed by atoms with Crippen molar-refractivity contribution in [2.45, 2.75) is 33.4 Å². The molecule has 0 atom stereocenters. The van der Waals surface area contributed by atoms with Crippen LogP contribution in [0.4, 0.5) is 18.9 Å². The van der Waals surface area contributed by atoms with Crippen molar-refractivity contribution in [3.63, 3.8) is 0 Å². The topological polar surface area (TPSA) is 53.0 Å². The minimum Gasteiger partial charge on any atom is -0.377 e. The second-order valence-corrected chi connectivity index (χ2v) is 6.31. The van der Waals surface area contributed by atoms with Crippen LogP contribution in [-0.4, -0.2) is 32.1 Å². The number of hydrogen-bond donors (Lipinski definition) is 2. The number of ketones is 1. The lowest BCUT2D eigenvalue weighted by Gasteiger charge is -2.18. The zero-order valence-corrected chi connectivity index (χ0v) is 12.8. The normalized spacial score (nSPS) is 12.1. The van der Waals surface area contributed by atoms with E-state index < -0.39 is 11.9 Å². The molecule has 1 rings (SSSR count). The monoisotopic (exact) mass is 310 g/mol. The fourth-order valence-corrected chi connectivity index (χ4v) is 1.93. The van der Waals surface area contributed by atoms with E-state index in [1.165, 1.54) is 12.1 Å². The van der Waals surface area contributed by atoms with E-state index in [2.05, 4.69) is 5.32 Å². The fraction of sp³-hybridized carbons (Fsp3) is 0.467. The van der Waals surface area contributed by atoms with Crippen LogP contribution >= 0.6 is 0 Å². The van der Waals surface area contributed by atoms with Gasteiger partial charge in [0.1, 0.15) is 13.6 Å². The summed E-state index contributed by atoms with van der Waals surface area (Å²) >= 11 is 0. The molecule has 0 fully saturated rings. The Morgan fingerprint density at radius 2 is 1.86 bits per heavy atom. The number of Topliss-reactive ketones (excluding diaryl/α,β-unsaturated/α-hetero) is 1. The Morgan fingerprint density at radius 1 is 1.27 bits per heavy atom. The zero-order valence-electron chi connectivity index (χ0n) is 12.8. The Morgan fingerprint density at radius 3 is 2.36 bits per heavy atom. The van der Waals surface area contributed by atoms with Crippen LogP contribution in [-0.2, 0) is 4.79 Å². The second kappa shape index (κ2) is 6.54. The van der Waals surface area contributed by atoms with Gasteiger partial charge in [-0.05, 0) is 11.5 Å². The summed E-state index contributed by atoms with van der Waals surface area (Å²) < 4.78 is 38.1. The SMILES string of the molecule is [B]c1ccc(C(=N)C(F)(F)F)c(NCC(=O)CC(C)(C)C)c1. The van der Waals surface area contributed by atoms with Crippen LogP contribution in [0.3, 0.4) is 0 Å². The summed E-state index contributed by atoms with van der Waals surface area (Å²) in [5.74, 6) is -0.126. The standard InChI is InChI=1S/C15H18BF3N2O/c1-14(2,3)7-10(22)8-21-12-6-9(16)4-5-11(12)13(20)15(17,18)19/h4-6,20-21H,7-8H2,1-3H3. The summed E-state index contributed by atoms with van der Waals surface area (Å²) in [6.07, 6.45) is -4.46. The highest BCUT2D eigenvalue weighted by atomic mass is 19.4. The minimum atomic E-state index is -4.76. The van der Waals surface area contributed by atoms with E-state index in [1.54, 1.807) is 0 Å². The number of hydrogen-bond acceptors (Lipinski definition) is 3.